The van der Waals surface area contributed by atoms with Crippen LogP contribution in [0.5, 0.6) is 5.75 Å². The number of esters is 2. The number of alkyl halides is 3. The van der Waals surface area contributed by atoms with Gasteiger partial charge in [0.1, 0.15) is 25.0 Å². The van der Waals surface area contributed by atoms with Gasteiger partial charge in [0, 0.05) is 24.1 Å². The molecular weight excluding hydrogens is 532 g/mol. The Bertz CT molecular complexity index is 1060. The van der Waals surface area contributed by atoms with Crippen LogP contribution < -0.4 is 21.5 Å². The lowest BCUT2D eigenvalue weighted by Crippen LogP contribution is -2.42. The molecule has 1 aromatic carbocycles. The molecule has 0 spiro atoms. The van der Waals surface area contributed by atoms with Gasteiger partial charge in [0.15, 0.2) is 5.96 Å². The van der Waals surface area contributed by atoms with Gasteiger partial charge in [-0.05, 0) is 31.1 Å². The van der Waals surface area contributed by atoms with Crippen molar-refractivity contribution in [1.82, 2.24) is 5.32 Å². The number of guanidine groups is 1. The summed E-state index contributed by atoms with van der Waals surface area (Å²) in [4.78, 5) is 39.8. The van der Waals surface area contributed by atoms with Crippen LogP contribution in [0.15, 0.2) is 22.7 Å². The van der Waals surface area contributed by atoms with Crippen LogP contribution in [0.25, 0.3) is 6.08 Å². The maximum Gasteiger partial charge on any atom is 0.430 e. The minimum absolute atomic E-state index is 0.0604. The minimum atomic E-state index is -4.96. The van der Waals surface area contributed by atoms with Crippen molar-refractivity contribution >= 4 is 53.1 Å². The highest BCUT2D eigenvalue weighted by atomic mass is 35.5. The van der Waals surface area contributed by atoms with Gasteiger partial charge in [0.25, 0.3) is 0 Å². The number of amides is 1. The van der Waals surface area contributed by atoms with E-state index in [0.29, 0.717) is 6.42 Å². The third-order valence-corrected chi connectivity index (χ3v) is 5.07. The van der Waals surface area contributed by atoms with E-state index in [9.17, 15) is 27.6 Å². The number of aliphatic imine (C=N–C) groups is 1. The van der Waals surface area contributed by atoms with E-state index < -0.39 is 55.0 Å². The van der Waals surface area contributed by atoms with Crippen molar-refractivity contribution in [3.63, 3.8) is 0 Å². The van der Waals surface area contributed by atoms with Crippen molar-refractivity contribution in [2.24, 2.45) is 16.5 Å². The van der Waals surface area contributed by atoms with Crippen molar-refractivity contribution in [3.8, 4) is 5.75 Å². The van der Waals surface area contributed by atoms with E-state index in [1.807, 2.05) is 0 Å². The largest absolute Gasteiger partial charge is 0.474 e. The van der Waals surface area contributed by atoms with Crippen LogP contribution in [0.4, 0.5) is 13.2 Å². The van der Waals surface area contributed by atoms with E-state index >= 15 is 0 Å². The zero-order chi connectivity index (χ0) is 27.0. The zero-order valence-corrected chi connectivity index (χ0v) is 20.4. The van der Waals surface area contributed by atoms with E-state index in [2.05, 4.69) is 10.3 Å². The number of carbonyl (C=O) groups excluding carboxylic acids is 3. The van der Waals surface area contributed by atoms with Crippen molar-refractivity contribution in [3.05, 3.63) is 33.3 Å². The molecule has 0 unspecified atom stereocenters. The first-order valence-electron chi connectivity index (χ1n) is 10.4. The zero-order valence-electron chi connectivity index (χ0n) is 18.9. The SMILES string of the molecule is CC(=O)N[C@@H](CCCN=C(N)N)C(=O)OCCOC(=O)C1=Cc2cc(Cl)cc(Cl)c2O[C@@H]1C(F)(F)F. The topological polar surface area (TPSA) is 155 Å². The van der Waals surface area contributed by atoms with Gasteiger partial charge < -0.3 is 31.0 Å². The van der Waals surface area contributed by atoms with Gasteiger partial charge in [0.05, 0.1) is 10.6 Å². The van der Waals surface area contributed by atoms with E-state index in [1.54, 1.807) is 0 Å². The fourth-order valence-corrected chi connectivity index (χ4v) is 3.66. The number of fused-ring (bicyclic) bond motifs is 1. The third-order valence-electron chi connectivity index (χ3n) is 4.57. The molecule has 1 aliphatic heterocycles. The Morgan fingerprint density at radius 1 is 1.19 bits per heavy atom. The molecule has 198 valence electrons. The molecule has 0 radical (unpaired) electrons. The first-order valence-corrected chi connectivity index (χ1v) is 11.2. The predicted molar refractivity (Wildman–Crippen MR) is 124 cm³/mol. The van der Waals surface area contributed by atoms with Gasteiger partial charge in [-0.15, -0.1) is 0 Å². The van der Waals surface area contributed by atoms with Crippen LogP contribution >= 0.6 is 23.2 Å². The second kappa shape index (κ2) is 12.7. The highest BCUT2D eigenvalue weighted by molar-refractivity contribution is 6.36. The molecule has 2 rings (SSSR count). The molecule has 0 aliphatic carbocycles. The molecule has 0 saturated heterocycles. The number of rotatable bonds is 10. The molecule has 0 bridgehead atoms. The molecular formula is C21H23Cl2F3N4O6. The molecule has 0 aromatic heterocycles. The van der Waals surface area contributed by atoms with Gasteiger partial charge in [-0.1, -0.05) is 23.2 Å². The maximum absolute atomic E-state index is 13.5. The fraction of sp³-hybridized carbons (Fsp3) is 0.429. The summed E-state index contributed by atoms with van der Waals surface area (Å²) in [7, 11) is 0. The van der Waals surface area contributed by atoms with Crippen LogP contribution in [0, 0.1) is 0 Å². The highest BCUT2D eigenvalue weighted by Gasteiger charge is 2.49. The molecule has 1 amide bonds. The Hall–Kier alpha value is -3.19. The molecule has 36 heavy (non-hydrogen) atoms. The summed E-state index contributed by atoms with van der Waals surface area (Å²) in [6, 6.07) is 1.46. The number of carbonyl (C=O) groups is 3. The second-order valence-electron chi connectivity index (χ2n) is 7.45. The maximum atomic E-state index is 13.5. The van der Waals surface area contributed by atoms with Gasteiger partial charge in [-0.2, -0.15) is 13.2 Å². The number of ether oxygens (including phenoxy) is 3. The van der Waals surface area contributed by atoms with E-state index in [-0.39, 0.29) is 40.3 Å². The summed E-state index contributed by atoms with van der Waals surface area (Å²) in [5, 5.41) is 2.37. The summed E-state index contributed by atoms with van der Waals surface area (Å²) < 4.78 is 55.4. The van der Waals surface area contributed by atoms with Crippen molar-refractivity contribution < 1.29 is 41.8 Å². The van der Waals surface area contributed by atoms with Crippen LogP contribution in [0.2, 0.25) is 10.0 Å². The van der Waals surface area contributed by atoms with Crippen LogP contribution in [-0.2, 0) is 23.9 Å². The Morgan fingerprint density at radius 3 is 2.47 bits per heavy atom. The Labute approximate surface area is 213 Å². The number of nitrogens with two attached hydrogens (primary N) is 2. The lowest BCUT2D eigenvalue weighted by atomic mass is 10.0. The smallest absolute Gasteiger partial charge is 0.430 e. The molecule has 0 fully saturated rings. The molecule has 1 aromatic rings. The number of nitrogens with zero attached hydrogens (tertiary/aromatic N) is 1. The lowest BCUT2D eigenvalue weighted by Gasteiger charge is -2.28. The van der Waals surface area contributed by atoms with Crippen LogP contribution in [0.3, 0.4) is 0 Å². The summed E-state index contributed by atoms with van der Waals surface area (Å²) in [6.07, 6.45) is -6.17. The Morgan fingerprint density at radius 2 is 1.86 bits per heavy atom. The molecule has 1 aliphatic rings. The van der Waals surface area contributed by atoms with Crippen LogP contribution in [0.1, 0.15) is 25.3 Å². The number of hydrogen-bond acceptors (Lipinski definition) is 7. The van der Waals surface area contributed by atoms with Gasteiger partial charge in [-0.3, -0.25) is 9.79 Å². The van der Waals surface area contributed by atoms with Gasteiger partial charge in [-0.25, -0.2) is 9.59 Å². The number of benzene rings is 1. The minimum Gasteiger partial charge on any atom is -0.474 e. The van der Waals surface area contributed by atoms with E-state index in [0.717, 1.165) is 6.08 Å². The summed E-state index contributed by atoms with van der Waals surface area (Å²) in [5.41, 5.74) is 9.66. The first-order chi connectivity index (χ1) is 16.8. The monoisotopic (exact) mass is 554 g/mol. The number of nitrogens with one attached hydrogen (secondary N) is 1. The molecule has 1 heterocycles. The molecule has 15 heteroatoms. The summed E-state index contributed by atoms with van der Waals surface area (Å²) >= 11 is 11.8. The average molecular weight is 555 g/mol. The normalized spacial score (nSPS) is 15.5. The number of hydrogen-bond donors (Lipinski definition) is 3. The van der Waals surface area contributed by atoms with E-state index in [4.69, 9.17) is 48.9 Å². The first kappa shape index (κ1) is 29.0. The van der Waals surface area contributed by atoms with Crippen molar-refractivity contribution in [2.75, 3.05) is 19.8 Å². The average Bonchev–Trinajstić information content (AvgIpc) is 2.76. The molecule has 5 N–H and O–H groups in total. The molecule has 0 saturated carbocycles. The quantitative estimate of drug-likeness (QED) is 0.172. The van der Waals surface area contributed by atoms with Gasteiger partial charge >= 0.3 is 18.1 Å². The second-order valence-corrected chi connectivity index (χ2v) is 8.29. The molecule has 10 nitrogen and oxygen atoms in total. The van der Waals surface area contributed by atoms with Gasteiger partial charge in [0.2, 0.25) is 12.0 Å². The van der Waals surface area contributed by atoms with Crippen LogP contribution in [-0.4, -0.2) is 61.9 Å². The number of halogens is 5. The predicted octanol–water partition coefficient (Wildman–Crippen LogP) is 2.34. The lowest BCUT2D eigenvalue weighted by molar-refractivity contribution is -0.188. The summed E-state index contributed by atoms with van der Waals surface area (Å²) in [6.45, 7) is 0.373. The third kappa shape index (κ3) is 8.48. The Balaban J connectivity index is 2.00. The van der Waals surface area contributed by atoms with E-state index in [1.165, 1.54) is 19.1 Å². The Kier molecular flexibility index (Phi) is 10.2. The summed E-state index contributed by atoms with van der Waals surface area (Å²) in [5.74, 6) is -3.08. The molecule has 2 atom stereocenters. The van der Waals surface area contributed by atoms with Crippen molar-refractivity contribution in [2.45, 2.75) is 38.1 Å². The fourth-order valence-electron chi connectivity index (χ4n) is 3.10. The standard InChI is InChI=1S/C21H23Cl2F3N4O6/c1-10(31)30-15(3-2-4-29-20(27)28)19(33)35-6-5-34-18(32)13-8-11-7-12(22)9-14(23)16(11)36-17(13)21(24,25)26/h7-9,15,17H,2-6H2,1H3,(H,30,31)(H4,27,28,29)/t15-,17-/m0/s1. The van der Waals surface area contributed by atoms with Crippen molar-refractivity contribution in [1.29, 1.82) is 0 Å². The highest BCUT2D eigenvalue weighted by Crippen LogP contribution is 2.42.